The molecule has 0 amide bonds. The zero-order valence-corrected chi connectivity index (χ0v) is 11.0. The van der Waals surface area contributed by atoms with E-state index in [1.165, 1.54) is 7.11 Å². The molecule has 1 heterocycles. The quantitative estimate of drug-likeness (QED) is 0.702. The molecular weight excluding hydrogens is 216 g/mol. The van der Waals surface area contributed by atoms with Gasteiger partial charge in [0.05, 0.1) is 18.6 Å². The number of nitriles is 1. The van der Waals surface area contributed by atoms with Crippen LogP contribution in [0.4, 0.5) is 0 Å². The van der Waals surface area contributed by atoms with Gasteiger partial charge in [-0.25, -0.2) is 0 Å². The highest BCUT2D eigenvalue weighted by Crippen LogP contribution is 2.23. The molecule has 1 aliphatic rings. The molecule has 0 aromatic rings. The van der Waals surface area contributed by atoms with Gasteiger partial charge in [0, 0.05) is 6.54 Å². The smallest absolute Gasteiger partial charge is 0.323 e. The van der Waals surface area contributed by atoms with Crippen LogP contribution in [0.5, 0.6) is 0 Å². The zero-order valence-electron chi connectivity index (χ0n) is 11.0. The third-order valence-corrected chi connectivity index (χ3v) is 3.41. The van der Waals surface area contributed by atoms with E-state index in [4.69, 9.17) is 10.00 Å². The van der Waals surface area contributed by atoms with Gasteiger partial charge in [0.25, 0.3) is 0 Å². The Kier molecular flexibility index (Phi) is 4.95. The Labute approximate surface area is 104 Å². The van der Waals surface area contributed by atoms with Gasteiger partial charge in [-0.3, -0.25) is 9.69 Å². The summed E-state index contributed by atoms with van der Waals surface area (Å²) in [6, 6.07) is 2.19. The molecule has 0 N–H and O–H groups in total. The topological polar surface area (TPSA) is 53.3 Å². The molecule has 0 radical (unpaired) electrons. The van der Waals surface area contributed by atoms with Crippen LogP contribution in [-0.4, -0.2) is 37.1 Å². The maximum absolute atomic E-state index is 11.6. The first-order valence-corrected chi connectivity index (χ1v) is 6.23. The molecule has 0 bridgehead atoms. The van der Waals surface area contributed by atoms with Gasteiger partial charge in [0.1, 0.15) is 6.04 Å². The van der Waals surface area contributed by atoms with Gasteiger partial charge in [0.2, 0.25) is 0 Å². The summed E-state index contributed by atoms with van der Waals surface area (Å²) >= 11 is 0. The lowest BCUT2D eigenvalue weighted by molar-refractivity contribution is -0.148. The molecule has 0 aliphatic carbocycles. The van der Waals surface area contributed by atoms with Gasteiger partial charge in [-0.2, -0.15) is 5.26 Å². The van der Waals surface area contributed by atoms with Crippen LogP contribution >= 0.6 is 0 Å². The fourth-order valence-corrected chi connectivity index (χ4v) is 2.14. The number of carbonyl (C=O) groups is 1. The molecule has 96 valence electrons. The maximum Gasteiger partial charge on any atom is 0.323 e. The van der Waals surface area contributed by atoms with E-state index >= 15 is 0 Å². The number of carbonyl (C=O) groups excluding carboxylic acids is 1. The molecule has 1 atom stereocenters. The van der Waals surface area contributed by atoms with E-state index < -0.39 is 0 Å². The van der Waals surface area contributed by atoms with Gasteiger partial charge in [-0.15, -0.1) is 0 Å². The summed E-state index contributed by atoms with van der Waals surface area (Å²) in [5.41, 5.74) is -0.321. The highest BCUT2D eigenvalue weighted by Gasteiger charge is 2.30. The summed E-state index contributed by atoms with van der Waals surface area (Å²) in [6.45, 7) is 5.59. The Balaban J connectivity index is 2.55. The van der Waals surface area contributed by atoms with E-state index in [0.717, 1.165) is 38.8 Å². The van der Waals surface area contributed by atoms with Gasteiger partial charge < -0.3 is 4.74 Å². The van der Waals surface area contributed by atoms with Crippen molar-refractivity contribution in [2.24, 2.45) is 5.41 Å². The molecular formula is C13H22N2O2. The van der Waals surface area contributed by atoms with Gasteiger partial charge in [-0.05, 0) is 39.7 Å². The highest BCUT2D eigenvalue weighted by molar-refractivity contribution is 5.75. The van der Waals surface area contributed by atoms with E-state index in [9.17, 15) is 4.79 Å². The van der Waals surface area contributed by atoms with Gasteiger partial charge in [-0.1, -0.05) is 6.42 Å². The maximum atomic E-state index is 11.6. The monoisotopic (exact) mass is 238 g/mol. The molecule has 0 aromatic heterocycles. The normalized spacial score (nSPS) is 21.9. The van der Waals surface area contributed by atoms with Crippen LogP contribution in [0.15, 0.2) is 0 Å². The average Bonchev–Trinajstić information content (AvgIpc) is 2.36. The van der Waals surface area contributed by atoms with Crippen molar-refractivity contribution in [1.82, 2.24) is 4.90 Å². The lowest BCUT2D eigenvalue weighted by Crippen LogP contribution is -2.46. The molecule has 1 aliphatic heterocycles. The standard InChI is InChI=1S/C13H22N2O2/c1-13(2,10-14)7-9-15-8-5-4-6-11(15)12(16)17-3/h11H,4-9H2,1-3H3. The number of piperidine rings is 1. The first kappa shape index (κ1) is 14.0. The van der Waals surface area contributed by atoms with Crippen LogP contribution in [0.2, 0.25) is 0 Å². The van der Waals surface area contributed by atoms with Crippen molar-refractivity contribution < 1.29 is 9.53 Å². The van der Waals surface area contributed by atoms with E-state index in [1.807, 2.05) is 13.8 Å². The van der Waals surface area contributed by atoms with Crippen molar-refractivity contribution in [1.29, 1.82) is 5.26 Å². The summed E-state index contributed by atoms with van der Waals surface area (Å²) in [4.78, 5) is 13.8. The second kappa shape index (κ2) is 6.02. The van der Waals surface area contributed by atoms with Crippen molar-refractivity contribution >= 4 is 5.97 Å². The fourth-order valence-electron chi connectivity index (χ4n) is 2.14. The van der Waals surface area contributed by atoms with Crippen LogP contribution in [0.3, 0.4) is 0 Å². The third kappa shape index (κ3) is 4.01. The van der Waals surface area contributed by atoms with E-state index in [0.29, 0.717) is 0 Å². The Bertz CT molecular complexity index is 307. The molecule has 17 heavy (non-hydrogen) atoms. The van der Waals surface area contributed by atoms with Crippen LogP contribution in [-0.2, 0) is 9.53 Å². The first-order chi connectivity index (χ1) is 8.00. The number of methoxy groups -OCH3 is 1. The Morgan fingerprint density at radius 3 is 2.82 bits per heavy atom. The molecule has 0 aromatic carbocycles. The minimum absolute atomic E-state index is 0.108. The number of likely N-dealkylation sites (tertiary alicyclic amines) is 1. The van der Waals surface area contributed by atoms with Crippen molar-refractivity contribution in [2.45, 2.75) is 45.6 Å². The molecule has 4 heteroatoms. The second-order valence-corrected chi connectivity index (χ2v) is 5.32. The van der Waals surface area contributed by atoms with Crippen LogP contribution in [0.25, 0.3) is 0 Å². The Morgan fingerprint density at radius 2 is 2.24 bits per heavy atom. The van der Waals surface area contributed by atoms with E-state index in [-0.39, 0.29) is 17.4 Å². The number of nitrogens with zero attached hydrogens (tertiary/aromatic N) is 2. The third-order valence-electron chi connectivity index (χ3n) is 3.41. The lowest BCUT2D eigenvalue weighted by atomic mass is 9.90. The largest absolute Gasteiger partial charge is 0.468 e. The Hall–Kier alpha value is -1.08. The summed E-state index contributed by atoms with van der Waals surface area (Å²) < 4.78 is 4.83. The van der Waals surface area contributed by atoms with Crippen LogP contribution in [0, 0.1) is 16.7 Å². The van der Waals surface area contributed by atoms with Crippen molar-refractivity contribution in [3.05, 3.63) is 0 Å². The molecule has 1 unspecified atom stereocenters. The van der Waals surface area contributed by atoms with E-state index in [2.05, 4.69) is 11.0 Å². The summed E-state index contributed by atoms with van der Waals surface area (Å²) in [5, 5.41) is 8.98. The molecule has 0 saturated carbocycles. The molecule has 0 spiro atoms. The summed E-state index contributed by atoms with van der Waals surface area (Å²) in [5.74, 6) is -0.139. The average molecular weight is 238 g/mol. The fraction of sp³-hybridized carbons (Fsp3) is 0.846. The van der Waals surface area contributed by atoms with Crippen molar-refractivity contribution in [3.63, 3.8) is 0 Å². The second-order valence-electron chi connectivity index (χ2n) is 5.32. The number of rotatable bonds is 4. The van der Waals surface area contributed by atoms with Crippen molar-refractivity contribution in [2.75, 3.05) is 20.2 Å². The number of ether oxygens (including phenoxy) is 1. The SMILES string of the molecule is COC(=O)C1CCCCN1CCC(C)(C)C#N. The number of hydrogen-bond acceptors (Lipinski definition) is 4. The zero-order chi connectivity index (χ0) is 12.9. The summed E-state index contributed by atoms with van der Waals surface area (Å²) in [6.07, 6.45) is 3.87. The highest BCUT2D eigenvalue weighted by atomic mass is 16.5. The predicted octanol–water partition coefficient (Wildman–Crippen LogP) is 1.95. The Morgan fingerprint density at radius 1 is 1.53 bits per heavy atom. The minimum atomic E-state index is -0.321. The molecule has 1 saturated heterocycles. The molecule has 1 rings (SSSR count). The molecule has 1 fully saturated rings. The lowest BCUT2D eigenvalue weighted by Gasteiger charge is -2.34. The van der Waals surface area contributed by atoms with Gasteiger partial charge in [0.15, 0.2) is 0 Å². The van der Waals surface area contributed by atoms with Crippen LogP contribution in [0.1, 0.15) is 39.5 Å². The van der Waals surface area contributed by atoms with Crippen LogP contribution < -0.4 is 0 Å². The van der Waals surface area contributed by atoms with E-state index in [1.54, 1.807) is 0 Å². The number of hydrogen-bond donors (Lipinski definition) is 0. The van der Waals surface area contributed by atoms with Gasteiger partial charge >= 0.3 is 5.97 Å². The summed E-state index contributed by atoms with van der Waals surface area (Å²) in [7, 11) is 1.44. The minimum Gasteiger partial charge on any atom is -0.468 e. The number of esters is 1. The van der Waals surface area contributed by atoms with Crippen molar-refractivity contribution in [3.8, 4) is 6.07 Å². The first-order valence-electron chi connectivity index (χ1n) is 6.23. The molecule has 4 nitrogen and oxygen atoms in total. The predicted molar refractivity (Wildman–Crippen MR) is 65.2 cm³/mol.